The van der Waals surface area contributed by atoms with Gasteiger partial charge >= 0.3 is 0 Å². The Morgan fingerprint density at radius 2 is 2.11 bits per heavy atom. The Kier molecular flexibility index (Phi) is 4.94. The number of aliphatic hydroxyl groups is 1. The van der Waals surface area contributed by atoms with Crippen LogP contribution in [0.1, 0.15) is 37.3 Å². The molecule has 1 aliphatic heterocycles. The Morgan fingerprint density at radius 1 is 1.30 bits per heavy atom. The minimum atomic E-state index is 0.259. The highest BCUT2D eigenvalue weighted by Crippen LogP contribution is 2.33. The standard InChI is InChI=1S/C20H26N6O/c1-2-26-6-5-14-8-18(15-9-22-20(21)23-10-15)25-19(17(14)11-26)24-16-4-3-13(7-16)12-27/h5-6,8-10,13,16,27H,2-4,7,11-12H2,1H3,(H,24,25)(H2,21,22,23). The van der Waals surface area contributed by atoms with E-state index >= 15 is 0 Å². The molecule has 2 atom stereocenters. The van der Waals surface area contributed by atoms with E-state index in [1.54, 1.807) is 12.4 Å². The van der Waals surface area contributed by atoms with Crippen LogP contribution in [-0.4, -0.2) is 44.2 Å². The van der Waals surface area contributed by atoms with Crippen molar-refractivity contribution in [3.63, 3.8) is 0 Å². The SMILES string of the molecule is CCN1C=Cc2cc(-c3cnc(N)nc3)nc(NC3CCC(CO)C3)c2C1. The van der Waals surface area contributed by atoms with Gasteiger partial charge in [-0.15, -0.1) is 0 Å². The van der Waals surface area contributed by atoms with Crippen molar-refractivity contribution in [3.8, 4) is 11.3 Å². The smallest absolute Gasteiger partial charge is 0.219 e. The van der Waals surface area contributed by atoms with Crippen LogP contribution in [0.2, 0.25) is 0 Å². The van der Waals surface area contributed by atoms with Crippen molar-refractivity contribution in [1.29, 1.82) is 0 Å². The van der Waals surface area contributed by atoms with Crippen molar-refractivity contribution in [3.05, 3.63) is 35.8 Å². The number of nitrogens with two attached hydrogens (primary N) is 1. The highest BCUT2D eigenvalue weighted by atomic mass is 16.3. The fraction of sp³-hybridized carbons (Fsp3) is 0.450. The first kappa shape index (κ1) is 17.7. The van der Waals surface area contributed by atoms with Crippen molar-refractivity contribution >= 4 is 17.8 Å². The summed E-state index contributed by atoms with van der Waals surface area (Å²) in [5, 5.41) is 13.1. The lowest BCUT2D eigenvalue weighted by molar-refractivity contribution is 0.229. The summed E-state index contributed by atoms with van der Waals surface area (Å²) in [6, 6.07) is 2.43. The maximum atomic E-state index is 9.44. The molecule has 0 spiro atoms. The summed E-state index contributed by atoms with van der Waals surface area (Å²) in [5.74, 6) is 1.57. The normalized spacial score (nSPS) is 21.3. The lowest BCUT2D eigenvalue weighted by Gasteiger charge is -2.27. The van der Waals surface area contributed by atoms with Gasteiger partial charge < -0.3 is 21.1 Å². The molecule has 2 aromatic heterocycles. The lowest BCUT2D eigenvalue weighted by atomic mass is 10.0. The quantitative estimate of drug-likeness (QED) is 0.747. The molecule has 0 bridgehead atoms. The van der Waals surface area contributed by atoms with E-state index in [9.17, 15) is 5.11 Å². The number of nitrogen functional groups attached to an aromatic ring is 1. The molecule has 0 amide bonds. The minimum Gasteiger partial charge on any atom is -0.396 e. The van der Waals surface area contributed by atoms with Gasteiger partial charge in [0, 0.05) is 49.3 Å². The number of hydrogen-bond acceptors (Lipinski definition) is 7. The topological polar surface area (TPSA) is 100 Å². The molecule has 0 aromatic carbocycles. The predicted molar refractivity (Wildman–Crippen MR) is 107 cm³/mol. The predicted octanol–water partition coefficient (Wildman–Crippen LogP) is 2.50. The average Bonchev–Trinajstić information content (AvgIpc) is 3.15. The van der Waals surface area contributed by atoms with Gasteiger partial charge in [0.2, 0.25) is 5.95 Å². The molecule has 3 heterocycles. The van der Waals surface area contributed by atoms with Crippen molar-refractivity contribution in [2.75, 3.05) is 24.2 Å². The van der Waals surface area contributed by atoms with Crippen LogP contribution in [0, 0.1) is 5.92 Å². The van der Waals surface area contributed by atoms with Gasteiger partial charge in [-0.25, -0.2) is 15.0 Å². The minimum absolute atomic E-state index is 0.259. The summed E-state index contributed by atoms with van der Waals surface area (Å²) in [5.41, 5.74) is 9.68. The molecule has 2 aromatic rings. The van der Waals surface area contributed by atoms with Gasteiger partial charge in [0.15, 0.2) is 0 Å². The molecule has 7 heteroatoms. The van der Waals surface area contributed by atoms with Crippen LogP contribution in [0.5, 0.6) is 0 Å². The number of nitrogens with one attached hydrogen (secondary N) is 1. The molecular weight excluding hydrogens is 340 g/mol. The van der Waals surface area contributed by atoms with Crippen LogP contribution >= 0.6 is 0 Å². The summed E-state index contributed by atoms with van der Waals surface area (Å²) >= 11 is 0. The molecule has 1 aliphatic carbocycles. The Bertz CT molecular complexity index is 835. The van der Waals surface area contributed by atoms with Crippen LogP contribution in [0.3, 0.4) is 0 Å². The molecule has 2 unspecified atom stereocenters. The van der Waals surface area contributed by atoms with Gasteiger partial charge in [-0.05, 0) is 56.0 Å². The third-order valence-electron chi connectivity index (χ3n) is 5.50. The molecule has 142 valence electrons. The van der Waals surface area contributed by atoms with Crippen molar-refractivity contribution in [2.24, 2.45) is 5.92 Å². The highest BCUT2D eigenvalue weighted by molar-refractivity contribution is 5.71. The van der Waals surface area contributed by atoms with Crippen LogP contribution in [0.15, 0.2) is 24.7 Å². The third kappa shape index (κ3) is 3.73. The molecule has 0 saturated heterocycles. The number of fused-ring (bicyclic) bond motifs is 1. The Labute approximate surface area is 159 Å². The Morgan fingerprint density at radius 3 is 2.81 bits per heavy atom. The maximum absolute atomic E-state index is 9.44. The highest BCUT2D eigenvalue weighted by Gasteiger charge is 2.26. The molecule has 4 N–H and O–H groups in total. The number of anilines is 2. The zero-order chi connectivity index (χ0) is 18.8. The van der Waals surface area contributed by atoms with Gasteiger partial charge in [0.25, 0.3) is 0 Å². The summed E-state index contributed by atoms with van der Waals surface area (Å²) < 4.78 is 0. The Hall–Kier alpha value is -2.67. The second-order valence-corrected chi connectivity index (χ2v) is 7.34. The van der Waals surface area contributed by atoms with E-state index in [2.05, 4.69) is 45.5 Å². The summed E-state index contributed by atoms with van der Waals surface area (Å²) in [7, 11) is 0. The number of hydrogen-bond donors (Lipinski definition) is 3. The van der Waals surface area contributed by atoms with E-state index in [0.29, 0.717) is 12.0 Å². The average molecular weight is 366 g/mol. The molecule has 2 aliphatic rings. The van der Waals surface area contributed by atoms with E-state index in [4.69, 9.17) is 10.7 Å². The van der Waals surface area contributed by atoms with E-state index in [1.807, 2.05) is 0 Å². The largest absolute Gasteiger partial charge is 0.396 e. The number of aromatic nitrogens is 3. The van der Waals surface area contributed by atoms with E-state index < -0.39 is 0 Å². The van der Waals surface area contributed by atoms with Crippen molar-refractivity contribution in [1.82, 2.24) is 19.9 Å². The number of aliphatic hydroxyl groups excluding tert-OH is 1. The van der Waals surface area contributed by atoms with Crippen molar-refractivity contribution < 1.29 is 5.11 Å². The molecule has 0 radical (unpaired) electrons. The molecule has 1 fully saturated rings. The van der Waals surface area contributed by atoms with Gasteiger partial charge in [-0.2, -0.15) is 0 Å². The molecule has 7 nitrogen and oxygen atoms in total. The third-order valence-corrected chi connectivity index (χ3v) is 5.50. The second-order valence-electron chi connectivity index (χ2n) is 7.34. The fourth-order valence-electron chi connectivity index (χ4n) is 3.87. The van der Waals surface area contributed by atoms with Gasteiger partial charge in [-0.3, -0.25) is 0 Å². The first-order valence-corrected chi connectivity index (χ1v) is 9.57. The van der Waals surface area contributed by atoms with Crippen LogP contribution in [0.4, 0.5) is 11.8 Å². The van der Waals surface area contributed by atoms with Crippen LogP contribution in [-0.2, 0) is 6.54 Å². The first-order valence-electron chi connectivity index (χ1n) is 9.57. The Balaban J connectivity index is 1.70. The number of rotatable bonds is 5. The number of nitrogens with zero attached hydrogens (tertiary/aromatic N) is 4. The molecule has 1 saturated carbocycles. The molecular formula is C20H26N6O. The number of pyridine rings is 1. The van der Waals surface area contributed by atoms with E-state index in [-0.39, 0.29) is 12.6 Å². The van der Waals surface area contributed by atoms with Crippen molar-refractivity contribution in [2.45, 2.75) is 38.8 Å². The fourth-order valence-corrected chi connectivity index (χ4v) is 3.87. The summed E-state index contributed by atoms with van der Waals surface area (Å²) in [6.07, 6.45) is 10.8. The molecule has 27 heavy (non-hydrogen) atoms. The zero-order valence-corrected chi connectivity index (χ0v) is 15.6. The van der Waals surface area contributed by atoms with Crippen LogP contribution in [0.25, 0.3) is 17.3 Å². The summed E-state index contributed by atoms with van der Waals surface area (Å²) in [6.45, 7) is 4.21. The summed E-state index contributed by atoms with van der Waals surface area (Å²) in [4.78, 5) is 15.4. The maximum Gasteiger partial charge on any atom is 0.219 e. The van der Waals surface area contributed by atoms with E-state index in [1.165, 1.54) is 11.1 Å². The van der Waals surface area contributed by atoms with Gasteiger partial charge in [0.1, 0.15) is 5.82 Å². The monoisotopic (exact) mass is 366 g/mol. The van der Waals surface area contributed by atoms with Gasteiger partial charge in [-0.1, -0.05) is 0 Å². The van der Waals surface area contributed by atoms with Crippen LogP contribution < -0.4 is 11.1 Å². The zero-order valence-electron chi connectivity index (χ0n) is 15.6. The molecule has 4 rings (SSSR count). The van der Waals surface area contributed by atoms with E-state index in [0.717, 1.165) is 49.4 Å². The first-order chi connectivity index (χ1) is 13.2. The second kappa shape index (κ2) is 7.52. The lowest BCUT2D eigenvalue weighted by Crippen LogP contribution is -2.24. The van der Waals surface area contributed by atoms with Gasteiger partial charge in [0.05, 0.1) is 5.69 Å².